The van der Waals surface area contributed by atoms with Gasteiger partial charge in [0.2, 0.25) is 0 Å². The molecule has 2 aliphatic heterocycles. The SMILES string of the molecule is c1cc(NC2CC3CCC(C2)N3)ccn1. The van der Waals surface area contributed by atoms with Gasteiger partial charge in [0.05, 0.1) is 0 Å². The van der Waals surface area contributed by atoms with Crippen molar-refractivity contribution < 1.29 is 0 Å². The van der Waals surface area contributed by atoms with Crippen molar-refractivity contribution in [1.29, 1.82) is 0 Å². The van der Waals surface area contributed by atoms with E-state index in [2.05, 4.69) is 15.6 Å². The number of nitrogens with one attached hydrogen (secondary N) is 2. The first-order chi connectivity index (χ1) is 7.40. The minimum atomic E-state index is 0.645. The van der Waals surface area contributed by atoms with E-state index in [1.165, 1.54) is 31.4 Å². The molecule has 2 fully saturated rings. The molecule has 2 aliphatic rings. The van der Waals surface area contributed by atoms with Crippen molar-refractivity contribution in [3.63, 3.8) is 0 Å². The average molecular weight is 203 g/mol. The van der Waals surface area contributed by atoms with E-state index in [9.17, 15) is 0 Å². The zero-order chi connectivity index (χ0) is 10.1. The van der Waals surface area contributed by atoms with Gasteiger partial charge >= 0.3 is 0 Å². The number of anilines is 1. The van der Waals surface area contributed by atoms with Crippen molar-refractivity contribution in [3.8, 4) is 0 Å². The second-order valence-corrected chi connectivity index (χ2v) is 4.69. The van der Waals surface area contributed by atoms with Gasteiger partial charge in [0.25, 0.3) is 0 Å². The van der Waals surface area contributed by atoms with Crippen LogP contribution < -0.4 is 10.6 Å². The maximum atomic E-state index is 4.03. The van der Waals surface area contributed by atoms with Gasteiger partial charge < -0.3 is 10.6 Å². The second-order valence-electron chi connectivity index (χ2n) is 4.69. The zero-order valence-electron chi connectivity index (χ0n) is 8.82. The fourth-order valence-corrected chi connectivity index (χ4v) is 2.86. The first-order valence-electron chi connectivity index (χ1n) is 5.83. The highest BCUT2D eigenvalue weighted by Crippen LogP contribution is 2.28. The molecular formula is C12H17N3. The van der Waals surface area contributed by atoms with Gasteiger partial charge in [-0.15, -0.1) is 0 Å². The van der Waals surface area contributed by atoms with Crippen molar-refractivity contribution >= 4 is 5.69 Å². The fraction of sp³-hybridized carbons (Fsp3) is 0.583. The number of rotatable bonds is 2. The lowest BCUT2D eigenvalue weighted by Crippen LogP contribution is -2.43. The van der Waals surface area contributed by atoms with Crippen LogP contribution in [0.5, 0.6) is 0 Å². The van der Waals surface area contributed by atoms with Crippen LogP contribution in [0.4, 0.5) is 5.69 Å². The Morgan fingerprint density at radius 1 is 1.13 bits per heavy atom. The molecule has 3 heteroatoms. The molecule has 0 aromatic carbocycles. The van der Waals surface area contributed by atoms with Crippen LogP contribution in [0.15, 0.2) is 24.5 Å². The summed E-state index contributed by atoms with van der Waals surface area (Å²) in [6.45, 7) is 0. The maximum Gasteiger partial charge on any atom is 0.0373 e. The molecule has 0 saturated carbocycles. The van der Waals surface area contributed by atoms with E-state index in [0.29, 0.717) is 6.04 Å². The van der Waals surface area contributed by atoms with Gasteiger partial charge in [0.1, 0.15) is 0 Å². The number of aromatic nitrogens is 1. The molecule has 2 saturated heterocycles. The van der Waals surface area contributed by atoms with Gasteiger partial charge in [0.15, 0.2) is 0 Å². The normalized spacial score (nSPS) is 34.0. The van der Waals surface area contributed by atoms with Crippen molar-refractivity contribution in [1.82, 2.24) is 10.3 Å². The van der Waals surface area contributed by atoms with Crippen LogP contribution >= 0.6 is 0 Å². The highest BCUT2D eigenvalue weighted by molar-refractivity contribution is 5.42. The molecule has 2 N–H and O–H groups in total. The molecule has 0 radical (unpaired) electrons. The molecule has 2 atom stereocenters. The van der Waals surface area contributed by atoms with Crippen molar-refractivity contribution in [2.75, 3.05) is 5.32 Å². The van der Waals surface area contributed by atoms with E-state index in [1.807, 2.05) is 24.5 Å². The third-order valence-electron chi connectivity index (χ3n) is 3.52. The Balaban J connectivity index is 1.65. The molecule has 80 valence electrons. The molecule has 3 nitrogen and oxygen atoms in total. The first-order valence-corrected chi connectivity index (χ1v) is 5.83. The largest absolute Gasteiger partial charge is 0.382 e. The molecule has 2 unspecified atom stereocenters. The number of hydrogen-bond donors (Lipinski definition) is 2. The number of nitrogens with zero attached hydrogens (tertiary/aromatic N) is 1. The van der Waals surface area contributed by atoms with E-state index in [4.69, 9.17) is 0 Å². The Kier molecular flexibility index (Phi) is 2.33. The van der Waals surface area contributed by atoms with Gasteiger partial charge in [-0.1, -0.05) is 0 Å². The van der Waals surface area contributed by atoms with Crippen molar-refractivity contribution in [2.24, 2.45) is 0 Å². The lowest BCUT2D eigenvalue weighted by molar-refractivity contribution is 0.378. The van der Waals surface area contributed by atoms with Gasteiger partial charge in [-0.2, -0.15) is 0 Å². The lowest BCUT2D eigenvalue weighted by atomic mass is 10.00. The summed E-state index contributed by atoms with van der Waals surface area (Å²) < 4.78 is 0. The Morgan fingerprint density at radius 3 is 2.47 bits per heavy atom. The fourth-order valence-electron chi connectivity index (χ4n) is 2.86. The minimum Gasteiger partial charge on any atom is -0.382 e. The van der Waals surface area contributed by atoms with Crippen LogP contribution in [-0.2, 0) is 0 Å². The van der Waals surface area contributed by atoms with Gasteiger partial charge in [-0.05, 0) is 37.8 Å². The number of pyridine rings is 1. The van der Waals surface area contributed by atoms with Crippen molar-refractivity contribution in [3.05, 3.63) is 24.5 Å². The summed E-state index contributed by atoms with van der Waals surface area (Å²) in [4.78, 5) is 4.03. The van der Waals surface area contributed by atoms with Crippen LogP contribution in [0.1, 0.15) is 25.7 Å². The summed E-state index contributed by atoms with van der Waals surface area (Å²) >= 11 is 0. The van der Waals surface area contributed by atoms with Crippen LogP contribution in [0.2, 0.25) is 0 Å². The van der Waals surface area contributed by atoms with Gasteiger partial charge in [-0.25, -0.2) is 0 Å². The summed E-state index contributed by atoms with van der Waals surface area (Å²) in [5, 5.41) is 7.26. The van der Waals surface area contributed by atoms with Crippen LogP contribution in [0.25, 0.3) is 0 Å². The molecule has 0 amide bonds. The molecule has 1 aromatic heterocycles. The van der Waals surface area contributed by atoms with Gasteiger partial charge in [0, 0.05) is 36.2 Å². The van der Waals surface area contributed by atoms with Gasteiger partial charge in [-0.3, -0.25) is 4.98 Å². The number of hydrogen-bond acceptors (Lipinski definition) is 3. The molecule has 2 bridgehead atoms. The van der Waals surface area contributed by atoms with E-state index in [1.54, 1.807) is 0 Å². The summed E-state index contributed by atoms with van der Waals surface area (Å²) in [6, 6.07) is 6.24. The van der Waals surface area contributed by atoms with Crippen LogP contribution in [0.3, 0.4) is 0 Å². The summed E-state index contributed by atoms with van der Waals surface area (Å²) in [6.07, 6.45) is 8.94. The molecular weight excluding hydrogens is 186 g/mol. The summed E-state index contributed by atoms with van der Waals surface area (Å²) in [5.74, 6) is 0. The average Bonchev–Trinajstić information content (AvgIpc) is 2.60. The summed E-state index contributed by atoms with van der Waals surface area (Å²) in [5.41, 5.74) is 1.20. The molecule has 3 heterocycles. The lowest BCUT2D eigenvalue weighted by Gasteiger charge is -2.30. The number of piperidine rings is 1. The monoisotopic (exact) mass is 203 g/mol. The van der Waals surface area contributed by atoms with E-state index >= 15 is 0 Å². The summed E-state index contributed by atoms with van der Waals surface area (Å²) in [7, 11) is 0. The maximum absolute atomic E-state index is 4.03. The quantitative estimate of drug-likeness (QED) is 0.769. The predicted octanol–water partition coefficient (Wildman–Crippen LogP) is 1.78. The third kappa shape index (κ3) is 1.97. The molecule has 15 heavy (non-hydrogen) atoms. The van der Waals surface area contributed by atoms with E-state index in [0.717, 1.165) is 12.1 Å². The topological polar surface area (TPSA) is 37.0 Å². The first kappa shape index (κ1) is 9.16. The number of fused-ring (bicyclic) bond motifs is 2. The second kappa shape index (κ2) is 3.81. The van der Waals surface area contributed by atoms with Crippen LogP contribution in [0, 0.1) is 0 Å². The Morgan fingerprint density at radius 2 is 1.80 bits per heavy atom. The van der Waals surface area contributed by atoms with Crippen LogP contribution in [-0.4, -0.2) is 23.1 Å². The Labute approximate surface area is 90.3 Å². The predicted molar refractivity (Wildman–Crippen MR) is 60.8 cm³/mol. The highest BCUT2D eigenvalue weighted by Gasteiger charge is 2.33. The van der Waals surface area contributed by atoms with Crippen molar-refractivity contribution in [2.45, 2.75) is 43.8 Å². The Bertz CT molecular complexity index is 313. The standard InChI is InChI=1S/C12H17N3/c1-2-11-8-12(7-10(1)15-11)14-9-3-5-13-6-4-9/h3-6,10-12,15H,1-2,7-8H2,(H,13,14). The van der Waals surface area contributed by atoms with E-state index in [-0.39, 0.29) is 0 Å². The smallest absolute Gasteiger partial charge is 0.0373 e. The Hall–Kier alpha value is -1.09. The highest BCUT2D eigenvalue weighted by atomic mass is 15.0. The third-order valence-corrected chi connectivity index (χ3v) is 3.52. The molecule has 3 rings (SSSR count). The molecule has 0 aliphatic carbocycles. The van der Waals surface area contributed by atoms with E-state index < -0.39 is 0 Å². The molecule has 1 aromatic rings. The minimum absolute atomic E-state index is 0.645. The molecule has 0 spiro atoms. The zero-order valence-corrected chi connectivity index (χ0v) is 8.82.